The first-order chi connectivity index (χ1) is 10.9. The van der Waals surface area contributed by atoms with Gasteiger partial charge in [-0.05, 0) is 55.5 Å². The lowest BCUT2D eigenvalue weighted by molar-refractivity contribution is 0.245. The molecule has 0 amide bonds. The quantitative estimate of drug-likeness (QED) is 0.909. The summed E-state index contributed by atoms with van der Waals surface area (Å²) in [5, 5.41) is 0. The van der Waals surface area contributed by atoms with Crippen LogP contribution in [-0.4, -0.2) is 15.0 Å². The summed E-state index contributed by atoms with van der Waals surface area (Å²) in [6, 6.07) is 15.5. The van der Waals surface area contributed by atoms with Gasteiger partial charge in [0.2, 0.25) is 10.0 Å². The third-order valence-corrected chi connectivity index (χ3v) is 6.48. The van der Waals surface area contributed by atoms with Crippen molar-refractivity contribution in [2.24, 2.45) is 0 Å². The van der Waals surface area contributed by atoms with E-state index in [1.54, 1.807) is 12.1 Å². The molecule has 0 atom stereocenters. The summed E-state index contributed by atoms with van der Waals surface area (Å²) in [5.41, 5.74) is 3.28. The lowest BCUT2D eigenvalue weighted by atomic mass is 9.64. The van der Waals surface area contributed by atoms with E-state index < -0.39 is 10.0 Å². The van der Waals surface area contributed by atoms with Crippen LogP contribution in [0.25, 0.3) is 0 Å². The Bertz CT molecular complexity index is 793. The Morgan fingerprint density at radius 1 is 1.00 bits per heavy atom. The van der Waals surface area contributed by atoms with E-state index in [-0.39, 0.29) is 5.41 Å². The number of nitrogens with one attached hydrogen (secondary N) is 1. The second kappa shape index (κ2) is 6.10. The molecule has 0 radical (unpaired) electrons. The van der Waals surface area contributed by atoms with Gasteiger partial charge in [0.15, 0.2) is 0 Å². The van der Waals surface area contributed by atoms with Crippen LogP contribution in [0.15, 0.2) is 53.4 Å². The van der Waals surface area contributed by atoms with Crippen molar-refractivity contribution < 1.29 is 8.42 Å². The molecule has 2 aromatic rings. The molecular formula is C19H23NO2S. The molecule has 3 rings (SSSR count). The number of sulfonamides is 1. The SMILES string of the molecule is Cc1ccc(S(=O)(=O)NCC2(c3ccccc3)CCC2)cc1C. The molecule has 1 saturated carbocycles. The minimum absolute atomic E-state index is 0.0475. The highest BCUT2D eigenvalue weighted by Gasteiger charge is 2.39. The van der Waals surface area contributed by atoms with E-state index in [9.17, 15) is 8.42 Å². The molecule has 0 bridgehead atoms. The Kier molecular flexibility index (Phi) is 4.30. The molecule has 3 nitrogen and oxygen atoms in total. The summed E-state index contributed by atoms with van der Waals surface area (Å²) in [5.74, 6) is 0. The van der Waals surface area contributed by atoms with Crippen molar-refractivity contribution in [2.75, 3.05) is 6.54 Å². The molecule has 2 aromatic carbocycles. The molecule has 0 aromatic heterocycles. The summed E-state index contributed by atoms with van der Waals surface area (Å²) < 4.78 is 28.0. The Morgan fingerprint density at radius 2 is 1.70 bits per heavy atom. The van der Waals surface area contributed by atoms with Gasteiger partial charge in [-0.15, -0.1) is 0 Å². The van der Waals surface area contributed by atoms with Crippen LogP contribution in [0, 0.1) is 13.8 Å². The number of hydrogen-bond donors (Lipinski definition) is 1. The van der Waals surface area contributed by atoms with E-state index in [0.717, 1.165) is 30.4 Å². The molecule has 4 heteroatoms. The third-order valence-electron chi connectivity index (χ3n) is 5.09. The van der Waals surface area contributed by atoms with Gasteiger partial charge in [-0.2, -0.15) is 0 Å². The predicted molar refractivity (Wildman–Crippen MR) is 93.1 cm³/mol. The van der Waals surface area contributed by atoms with Gasteiger partial charge in [0, 0.05) is 12.0 Å². The molecular weight excluding hydrogens is 306 g/mol. The van der Waals surface area contributed by atoms with Crippen LogP contribution >= 0.6 is 0 Å². The highest BCUT2D eigenvalue weighted by atomic mass is 32.2. The van der Waals surface area contributed by atoms with Crippen molar-refractivity contribution in [1.29, 1.82) is 0 Å². The lowest BCUT2D eigenvalue weighted by Crippen LogP contribution is -2.45. The van der Waals surface area contributed by atoms with Crippen LogP contribution in [0.2, 0.25) is 0 Å². The number of benzene rings is 2. The topological polar surface area (TPSA) is 46.2 Å². The summed E-state index contributed by atoms with van der Waals surface area (Å²) in [6.07, 6.45) is 3.22. The van der Waals surface area contributed by atoms with Gasteiger partial charge in [0.1, 0.15) is 0 Å². The van der Waals surface area contributed by atoms with Crippen molar-refractivity contribution in [3.05, 3.63) is 65.2 Å². The van der Waals surface area contributed by atoms with Crippen LogP contribution in [0.3, 0.4) is 0 Å². The molecule has 1 aliphatic carbocycles. The maximum absolute atomic E-state index is 12.6. The van der Waals surface area contributed by atoms with E-state index in [4.69, 9.17) is 0 Å². The van der Waals surface area contributed by atoms with Crippen molar-refractivity contribution in [3.63, 3.8) is 0 Å². The Balaban J connectivity index is 1.80. The summed E-state index contributed by atoms with van der Waals surface area (Å²) in [6.45, 7) is 4.38. The van der Waals surface area contributed by atoms with Gasteiger partial charge in [-0.25, -0.2) is 13.1 Å². The average Bonchev–Trinajstić information content (AvgIpc) is 2.50. The van der Waals surface area contributed by atoms with Gasteiger partial charge in [-0.1, -0.05) is 42.8 Å². The minimum atomic E-state index is -3.47. The highest BCUT2D eigenvalue weighted by molar-refractivity contribution is 7.89. The van der Waals surface area contributed by atoms with Gasteiger partial charge >= 0.3 is 0 Å². The molecule has 0 saturated heterocycles. The first-order valence-corrected chi connectivity index (χ1v) is 9.54. The summed E-state index contributed by atoms with van der Waals surface area (Å²) in [4.78, 5) is 0.350. The second-order valence-electron chi connectivity index (χ2n) is 6.57. The van der Waals surface area contributed by atoms with E-state index in [0.29, 0.717) is 11.4 Å². The monoisotopic (exact) mass is 329 g/mol. The van der Waals surface area contributed by atoms with Crippen LogP contribution in [0.1, 0.15) is 36.0 Å². The smallest absolute Gasteiger partial charge is 0.210 e. The average molecular weight is 329 g/mol. The lowest BCUT2D eigenvalue weighted by Gasteiger charge is -2.42. The summed E-state index contributed by atoms with van der Waals surface area (Å²) >= 11 is 0. The fraction of sp³-hybridized carbons (Fsp3) is 0.368. The third kappa shape index (κ3) is 3.19. The molecule has 1 fully saturated rings. The molecule has 0 spiro atoms. The standard InChI is InChI=1S/C19H23NO2S/c1-15-9-10-18(13-16(15)2)23(21,22)20-14-19(11-6-12-19)17-7-4-3-5-8-17/h3-5,7-10,13,20H,6,11-12,14H2,1-2H3. The largest absolute Gasteiger partial charge is 0.240 e. The number of rotatable bonds is 5. The maximum Gasteiger partial charge on any atom is 0.240 e. The molecule has 0 unspecified atom stereocenters. The maximum atomic E-state index is 12.6. The molecule has 1 aliphatic rings. The first-order valence-electron chi connectivity index (χ1n) is 8.05. The van der Waals surface area contributed by atoms with E-state index in [1.807, 2.05) is 38.1 Å². The van der Waals surface area contributed by atoms with Crippen LogP contribution in [0.4, 0.5) is 0 Å². The minimum Gasteiger partial charge on any atom is -0.210 e. The van der Waals surface area contributed by atoms with Crippen molar-refractivity contribution in [2.45, 2.75) is 43.4 Å². The van der Waals surface area contributed by atoms with E-state index in [1.165, 1.54) is 5.56 Å². The van der Waals surface area contributed by atoms with Crippen molar-refractivity contribution in [1.82, 2.24) is 4.72 Å². The van der Waals surface area contributed by atoms with Crippen LogP contribution < -0.4 is 4.72 Å². The van der Waals surface area contributed by atoms with Crippen molar-refractivity contribution >= 4 is 10.0 Å². The molecule has 0 heterocycles. The van der Waals surface area contributed by atoms with E-state index in [2.05, 4.69) is 16.9 Å². The van der Waals surface area contributed by atoms with Gasteiger partial charge in [0.05, 0.1) is 4.90 Å². The zero-order chi connectivity index (χ0) is 16.5. The van der Waals surface area contributed by atoms with Gasteiger partial charge in [-0.3, -0.25) is 0 Å². The van der Waals surface area contributed by atoms with E-state index >= 15 is 0 Å². The van der Waals surface area contributed by atoms with Gasteiger partial charge in [0.25, 0.3) is 0 Å². The summed E-state index contributed by atoms with van der Waals surface area (Å²) in [7, 11) is -3.47. The highest BCUT2D eigenvalue weighted by Crippen LogP contribution is 2.43. The number of hydrogen-bond acceptors (Lipinski definition) is 2. The second-order valence-corrected chi connectivity index (χ2v) is 8.34. The molecule has 0 aliphatic heterocycles. The first kappa shape index (κ1) is 16.2. The number of aryl methyl sites for hydroxylation is 2. The van der Waals surface area contributed by atoms with Crippen molar-refractivity contribution in [3.8, 4) is 0 Å². The predicted octanol–water partition coefficient (Wildman–Crippen LogP) is 3.70. The zero-order valence-corrected chi connectivity index (χ0v) is 14.5. The normalized spacial score (nSPS) is 16.8. The molecule has 1 N–H and O–H groups in total. The Labute approximate surface area is 138 Å². The van der Waals surface area contributed by atoms with Crippen LogP contribution in [0.5, 0.6) is 0 Å². The van der Waals surface area contributed by atoms with Gasteiger partial charge < -0.3 is 0 Å². The molecule has 23 heavy (non-hydrogen) atoms. The van der Waals surface area contributed by atoms with Crippen LogP contribution in [-0.2, 0) is 15.4 Å². The Hall–Kier alpha value is -1.65. The zero-order valence-electron chi connectivity index (χ0n) is 13.7. The fourth-order valence-electron chi connectivity index (χ4n) is 3.16. The fourth-order valence-corrected chi connectivity index (χ4v) is 4.37. The Morgan fingerprint density at radius 3 is 2.26 bits per heavy atom. The molecule has 122 valence electrons.